The summed E-state index contributed by atoms with van der Waals surface area (Å²) in [5.74, 6) is -0.0116. The minimum Gasteiger partial charge on any atom is -0.317 e. The van der Waals surface area contributed by atoms with E-state index in [-0.39, 0.29) is 5.91 Å². The van der Waals surface area contributed by atoms with Crippen LogP contribution >= 0.6 is 0 Å². The Labute approximate surface area is 78.0 Å². The SMILES string of the molecule is NC1(C(=O)N2CCCO2)CCCC1. The average molecular weight is 184 g/mol. The number of hydrogen-bond acceptors (Lipinski definition) is 3. The molecule has 1 saturated carbocycles. The maximum Gasteiger partial charge on any atom is 0.266 e. The summed E-state index contributed by atoms with van der Waals surface area (Å²) in [5.41, 5.74) is 5.39. The van der Waals surface area contributed by atoms with Crippen molar-refractivity contribution in [1.82, 2.24) is 5.06 Å². The van der Waals surface area contributed by atoms with Gasteiger partial charge in [0.1, 0.15) is 0 Å². The van der Waals surface area contributed by atoms with Crippen molar-refractivity contribution in [2.24, 2.45) is 5.73 Å². The molecule has 2 aliphatic rings. The number of nitrogens with zero attached hydrogens (tertiary/aromatic N) is 1. The van der Waals surface area contributed by atoms with Crippen molar-refractivity contribution < 1.29 is 9.63 Å². The van der Waals surface area contributed by atoms with Crippen molar-refractivity contribution in [3.63, 3.8) is 0 Å². The summed E-state index contributed by atoms with van der Waals surface area (Å²) in [6.45, 7) is 1.36. The fourth-order valence-electron chi connectivity index (χ4n) is 2.08. The van der Waals surface area contributed by atoms with Gasteiger partial charge < -0.3 is 5.73 Å². The van der Waals surface area contributed by atoms with Crippen molar-refractivity contribution in [1.29, 1.82) is 0 Å². The van der Waals surface area contributed by atoms with Crippen molar-refractivity contribution in [2.75, 3.05) is 13.2 Å². The molecule has 2 N–H and O–H groups in total. The molecular weight excluding hydrogens is 168 g/mol. The van der Waals surface area contributed by atoms with Crippen LogP contribution in [0.5, 0.6) is 0 Å². The van der Waals surface area contributed by atoms with Crippen LogP contribution in [0.15, 0.2) is 0 Å². The number of amides is 1. The van der Waals surface area contributed by atoms with E-state index in [1.165, 1.54) is 5.06 Å². The highest BCUT2D eigenvalue weighted by Gasteiger charge is 2.41. The maximum absolute atomic E-state index is 11.8. The lowest BCUT2D eigenvalue weighted by Gasteiger charge is -2.26. The number of rotatable bonds is 1. The lowest BCUT2D eigenvalue weighted by molar-refractivity contribution is -0.174. The summed E-state index contributed by atoms with van der Waals surface area (Å²) in [5, 5.41) is 1.45. The van der Waals surface area contributed by atoms with Gasteiger partial charge >= 0.3 is 0 Å². The Hall–Kier alpha value is -0.610. The van der Waals surface area contributed by atoms with Crippen molar-refractivity contribution >= 4 is 5.91 Å². The molecule has 0 atom stereocenters. The standard InChI is InChI=1S/C9H16N2O2/c10-9(4-1-2-5-9)8(12)11-6-3-7-13-11/h1-7,10H2. The van der Waals surface area contributed by atoms with Crippen molar-refractivity contribution in [3.05, 3.63) is 0 Å². The number of carbonyl (C=O) groups is 1. The van der Waals surface area contributed by atoms with Gasteiger partial charge in [-0.3, -0.25) is 9.63 Å². The van der Waals surface area contributed by atoms with Gasteiger partial charge in [-0.2, -0.15) is 0 Å². The Balaban J connectivity index is 2.02. The van der Waals surface area contributed by atoms with Crippen LogP contribution in [-0.4, -0.2) is 29.7 Å². The monoisotopic (exact) mass is 184 g/mol. The third-order valence-corrected chi connectivity index (χ3v) is 2.90. The molecule has 1 aliphatic carbocycles. The summed E-state index contributed by atoms with van der Waals surface area (Å²) in [6, 6.07) is 0. The zero-order valence-electron chi connectivity index (χ0n) is 7.79. The number of carbonyl (C=O) groups excluding carboxylic acids is 1. The third kappa shape index (κ3) is 1.56. The highest BCUT2D eigenvalue weighted by Crippen LogP contribution is 2.29. The minimum absolute atomic E-state index is 0.0116. The normalized spacial score (nSPS) is 26.7. The van der Waals surface area contributed by atoms with Crippen LogP contribution in [-0.2, 0) is 9.63 Å². The maximum atomic E-state index is 11.8. The molecule has 2 rings (SSSR count). The molecule has 0 unspecified atom stereocenters. The molecule has 0 radical (unpaired) electrons. The lowest BCUT2D eigenvalue weighted by atomic mass is 9.98. The van der Waals surface area contributed by atoms with E-state index in [2.05, 4.69) is 0 Å². The Bertz CT molecular complexity index is 206. The van der Waals surface area contributed by atoms with Gasteiger partial charge in [0.2, 0.25) is 0 Å². The van der Waals surface area contributed by atoms with Crippen LogP contribution in [0.2, 0.25) is 0 Å². The van der Waals surface area contributed by atoms with Gasteiger partial charge in [0, 0.05) is 0 Å². The molecule has 2 fully saturated rings. The van der Waals surface area contributed by atoms with Gasteiger partial charge in [-0.15, -0.1) is 0 Å². The minimum atomic E-state index is -0.621. The van der Waals surface area contributed by atoms with Gasteiger partial charge in [-0.05, 0) is 19.3 Å². The zero-order chi connectivity index (χ0) is 9.31. The predicted molar refractivity (Wildman–Crippen MR) is 47.7 cm³/mol. The van der Waals surface area contributed by atoms with Crippen LogP contribution in [0.1, 0.15) is 32.1 Å². The molecule has 1 aliphatic heterocycles. The molecule has 74 valence electrons. The molecule has 0 bridgehead atoms. The zero-order valence-corrected chi connectivity index (χ0v) is 7.79. The van der Waals surface area contributed by atoms with E-state index in [9.17, 15) is 4.79 Å². The first-order valence-electron chi connectivity index (χ1n) is 4.96. The summed E-state index contributed by atoms with van der Waals surface area (Å²) in [4.78, 5) is 17.0. The molecule has 0 aromatic rings. The summed E-state index contributed by atoms with van der Waals surface area (Å²) < 4.78 is 0. The Morgan fingerprint density at radius 2 is 2.00 bits per heavy atom. The van der Waals surface area contributed by atoms with E-state index >= 15 is 0 Å². The average Bonchev–Trinajstić information content (AvgIpc) is 2.73. The van der Waals surface area contributed by atoms with E-state index in [1.807, 2.05) is 0 Å². The van der Waals surface area contributed by atoms with E-state index in [0.29, 0.717) is 13.2 Å². The van der Waals surface area contributed by atoms with Crippen LogP contribution in [0.25, 0.3) is 0 Å². The van der Waals surface area contributed by atoms with E-state index in [1.54, 1.807) is 0 Å². The molecule has 0 aromatic heterocycles. The van der Waals surface area contributed by atoms with Gasteiger partial charge in [-0.25, -0.2) is 5.06 Å². The first-order chi connectivity index (χ1) is 6.22. The molecule has 13 heavy (non-hydrogen) atoms. The molecule has 1 saturated heterocycles. The highest BCUT2D eigenvalue weighted by atomic mass is 16.7. The van der Waals surface area contributed by atoms with Crippen LogP contribution < -0.4 is 5.73 Å². The van der Waals surface area contributed by atoms with Gasteiger partial charge in [-0.1, -0.05) is 12.8 Å². The number of hydroxylamine groups is 2. The summed E-state index contributed by atoms with van der Waals surface area (Å²) in [7, 11) is 0. The van der Waals surface area contributed by atoms with Crippen molar-refractivity contribution in [3.8, 4) is 0 Å². The van der Waals surface area contributed by atoms with Crippen LogP contribution in [0, 0.1) is 0 Å². The molecule has 4 nitrogen and oxygen atoms in total. The first-order valence-corrected chi connectivity index (χ1v) is 4.96. The number of nitrogens with two attached hydrogens (primary N) is 1. The second-order valence-electron chi connectivity index (χ2n) is 3.96. The van der Waals surface area contributed by atoms with Crippen LogP contribution in [0.3, 0.4) is 0 Å². The first kappa shape index (κ1) is 8.97. The Morgan fingerprint density at radius 3 is 2.54 bits per heavy atom. The third-order valence-electron chi connectivity index (χ3n) is 2.90. The van der Waals surface area contributed by atoms with E-state index in [4.69, 9.17) is 10.6 Å². The molecule has 4 heteroatoms. The van der Waals surface area contributed by atoms with Crippen molar-refractivity contribution in [2.45, 2.75) is 37.6 Å². The lowest BCUT2D eigenvalue weighted by Crippen LogP contribution is -2.52. The molecular formula is C9H16N2O2. The highest BCUT2D eigenvalue weighted by molar-refractivity contribution is 5.85. The molecule has 1 amide bonds. The quantitative estimate of drug-likeness (QED) is 0.642. The second kappa shape index (κ2) is 3.27. The Kier molecular flexibility index (Phi) is 2.26. The van der Waals surface area contributed by atoms with E-state index < -0.39 is 5.54 Å². The Morgan fingerprint density at radius 1 is 1.31 bits per heavy atom. The predicted octanol–water partition coefficient (Wildman–Crippen LogP) is 0.422. The van der Waals surface area contributed by atoms with Gasteiger partial charge in [0.15, 0.2) is 0 Å². The summed E-state index contributed by atoms with van der Waals surface area (Å²) in [6.07, 6.45) is 4.69. The molecule has 0 spiro atoms. The summed E-state index contributed by atoms with van der Waals surface area (Å²) >= 11 is 0. The number of hydrogen-bond donors (Lipinski definition) is 1. The smallest absolute Gasteiger partial charge is 0.266 e. The topological polar surface area (TPSA) is 55.6 Å². The van der Waals surface area contributed by atoms with Gasteiger partial charge in [0.25, 0.3) is 5.91 Å². The van der Waals surface area contributed by atoms with Crippen LogP contribution in [0.4, 0.5) is 0 Å². The fourth-order valence-corrected chi connectivity index (χ4v) is 2.08. The van der Waals surface area contributed by atoms with E-state index in [0.717, 1.165) is 32.1 Å². The molecule has 1 heterocycles. The molecule has 0 aromatic carbocycles. The second-order valence-corrected chi connectivity index (χ2v) is 3.96. The van der Waals surface area contributed by atoms with Gasteiger partial charge in [0.05, 0.1) is 18.7 Å². The fraction of sp³-hybridized carbons (Fsp3) is 0.889. The largest absolute Gasteiger partial charge is 0.317 e.